The third kappa shape index (κ3) is 4.03. The summed E-state index contributed by atoms with van der Waals surface area (Å²) < 4.78 is 23.8. The zero-order valence-corrected chi connectivity index (χ0v) is 13.4. The smallest absolute Gasteiger partial charge is 0.274 e. The summed E-state index contributed by atoms with van der Waals surface area (Å²) in [6.45, 7) is 0. The van der Waals surface area contributed by atoms with Crippen molar-refractivity contribution in [1.29, 1.82) is 5.26 Å². The molecule has 0 radical (unpaired) electrons. The molecule has 0 bridgehead atoms. The molecule has 0 aliphatic rings. The Morgan fingerprint density at radius 2 is 1.92 bits per heavy atom. The van der Waals surface area contributed by atoms with Gasteiger partial charge in [-0.3, -0.25) is 4.79 Å². The molecule has 128 valence electrons. The summed E-state index contributed by atoms with van der Waals surface area (Å²) in [5.74, 6) is -1.41. The number of aromatic hydroxyl groups is 1. The minimum Gasteiger partial charge on any atom is -0.502 e. The van der Waals surface area contributed by atoms with Gasteiger partial charge in [-0.1, -0.05) is 0 Å². The van der Waals surface area contributed by atoms with Crippen LogP contribution in [-0.4, -0.2) is 31.4 Å². The Morgan fingerprint density at radius 1 is 1.28 bits per heavy atom. The SMILES string of the molecule is COc1cc(C=NNC(=O)c2ccc(C#N)cc2F)cc(OC)c1O. The Balaban J connectivity index is 2.16. The van der Waals surface area contributed by atoms with Crippen molar-refractivity contribution in [2.45, 2.75) is 0 Å². The number of ether oxygens (including phenoxy) is 2. The minimum atomic E-state index is -0.820. The zero-order valence-electron chi connectivity index (χ0n) is 13.4. The molecular weight excluding hydrogens is 329 g/mol. The van der Waals surface area contributed by atoms with Crippen molar-refractivity contribution >= 4 is 12.1 Å². The number of amides is 1. The van der Waals surface area contributed by atoms with Gasteiger partial charge in [-0.25, -0.2) is 9.82 Å². The second-order valence-corrected chi connectivity index (χ2v) is 4.78. The van der Waals surface area contributed by atoms with Gasteiger partial charge in [-0.2, -0.15) is 10.4 Å². The molecule has 0 unspecified atom stereocenters. The first-order chi connectivity index (χ1) is 12.0. The van der Waals surface area contributed by atoms with Crippen LogP contribution < -0.4 is 14.9 Å². The number of methoxy groups -OCH3 is 2. The highest BCUT2D eigenvalue weighted by atomic mass is 19.1. The number of nitrogens with zero attached hydrogens (tertiary/aromatic N) is 2. The van der Waals surface area contributed by atoms with E-state index in [4.69, 9.17) is 14.7 Å². The fraction of sp³-hybridized carbons (Fsp3) is 0.118. The number of nitrogens with one attached hydrogen (secondary N) is 1. The molecule has 0 aromatic heterocycles. The Morgan fingerprint density at radius 3 is 2.44 bits per heavy atom. The molecule has 0 saturated carbocycles. The maximum absolute atomic E-state index is 13.8. The lowest BCUT2D eigenvalue weighted by Gasteiger charge is -2.09. The van der Waals surface area contributed by atoms with Gasteiger partial charge in [0.25, 0.3) is 5.91 Å². The number of phenolic OH excluding ortho intramolecular Hbond substituents is 1. The van der Waals surface area contributed by atoms with Gasteiger partial charge in [0.15, 0.2) is 11.5 Å². The van der Waals surface area contributed by atoms with Crippen LogP contribution in [0.25, 0.3) is 0 Å². The number of carbonyl (C=O) groups is 1. The molecule has 0 aliphatic carbocycles. The highest BCUT2D eigenvalue weighted by molar-refractivity contribution is 5.95. The van der Waals surface area contributed by atoms with E-state index in [9.17, 15) is 14.3 Å². The van der Waals surface area contributed by atoms with Crippen LogP contribution in [0.1, 0.15) is 21.5 Å². The van der Waals surface area contributed by atoms with E-state index in [1.165, 1.54) is 44.7 Å². The van der Waals surface area contributed by atoms with Crippen LogP contribution in [0.3, 0.4) is 0 Å². The molecule has 0 heterocycles. The highest BCUT2D eigenvalue weighted by Gasteiger charge is 2.12. The van der Waals surface area contributed by atoms with Crippen LogP contribution in [0, 0.1) is 17.1 Å². The number of nitriles is 1. The quantitative estimate of drug-likeness (QED) is 0.640. The Bertz CT molecular complexity index is 850. The van der Waals surface area contributed by atoms with E-state index in [2.05, 4.69) is 10.5 Å². The topological polar surface area (TPSA) is 104 Å². The zero-order chi connectivity index (χ0) is 18.4. The molecule has 2 N–H and O–H groups in total. The number of hydrazone groups is 1. The van der Waals surface area contributed by atoms with E-state index < -0.39 is 11.7 Å². The van der Waals surface area contributed by atoms with Gasteiger partial charge >= 0.3 is 0 Å². The third-order valence-electron chi connectivity index (χ3n) is 3.22. The monoisotopic (exact) mass is 343 g/mol. The van der Waals surface area contributed by atoms with Crippen LogP contribution >= 0.6 is 0 Å². The lowest BCUT2D eigenvalue weighted by molar-refractivity contribution is 0.0951. The van der Waals surface area contributed by atoms with Crippen molar-refractivity contribution < 1.29 is 23.8 Å². The largest absolute Gasteiger partial charge is 0.502 e. The molecule has 2 aromatic rings. The normalized spacial score (nSPS) is 10.3. The Labute approximate surface area is 142 Å². The van der Waals surface area contributed by atoms with E-state index in [-0.39, 0.29) is 28.4 Å². The van der Waals surface area contributed by atoms with Gasteiger partial charge in [0.1, 0.15) is 5.82 Å². The first kappa shape index (κ1) is 17.7. The molecule has 25 heavy (non-hydrogen) atoms. The Hall–Kier alpha value is -3.60. The van der Waals surface area contributed by atoms with Gasteiger partial charge in [-0.15, -0.1) is 0 Å². The van der Waals surface area contributed by atoms with Crippen LogP contribution in [0.4, 0.5) is 4.39 Å². The van der Waals surface area contributed by atoms with Crippen molar-refractivity contribution in [2.75, 3.05) is 14.2 Å². The van der Waals surface area contributed by atoms with Crippen molar-refractivity contribution in [3.05, 3.63) is 52.8 Å². The summed E-state index contributed by atoms with van der Waals surface area (Å²) in [5, 5.41) is 22.2. The first-order valence-corrected chi connectivity index (χ1v) is 6.98. The summed E-state index contributed by atoms with van der Waals surface area (Å²) in [5.41, 5.74) is 2.53. The van der Waals surface area contributed by atoms with Crippen LogP contribution in [0.2, 0.25) is 0 Å². The number of halogens is 1. The van der Waals surface area contributed by atoms with Gasteiger partial charge in [0.2, 0.25) is 5.75 Å². The average molecular weight is 343 g/mol. The van der Waals surface area contributed by atoms with Gasteiger partial charge in [-0.05, 0) is 30.3 Å². The summed E-state index contributed by atoms with van der Waals surface area (Å²) in [7, 11) is 2.76. The first-order valence-electron chi connectivity index (χ1n) is 6.98. The lowest BCUT2D eigenvalue weighted by Crippen LogP contribution is -2.19. The number of benzene rings is 2. The number of carbonyl (C=O) groups excluding carboxylic acids is 1. The molecular formula is C17H14FN3O4. The third-order valence-corrected chi connectivity index (χ3v) is 3.22. The van der Waals surface area contributed by atoms with Gasteiger partial charge < -0.3 is 14.6 Å². The molecule has 0 saturated heterocycles. The number of rotatable bonds is 5. The second-order valence-electron chi connectivity index (χ2n) is 4.78. The molecule has 1 amide bonds. The minimum absolute atomic E-state index is 0.112. The van der Waals surface area contributed by atoms with E-state index in [1.54, 1.807) is 6.07 Å². The summed E-state index contributed by atoms with van der Waals surface area (Å²) >= 11 is 0. The highest BCUT2D eigenvalue weighted by Crippen LogP contribution is 2.36. The summed E-state index contributed by atoms with van der Waals surface area (Å²) in [6.07, 6.45) is 1.28. The lowest BCUT2D eigenvalue weighted by atomic mass is 10.1. The van der Waals surface area contributed by atoms with Crippen molar-refractivity contribution in [1.82, 2.24) is 5.43 Å². The van der Waals surface area contributed by atoms with Crippen LogP contribution in [-0.2, 0) is 0 Å². The molecule has 0 spiro atoms. The fourth-order valence-electron chi connectivity index (χ4n) is 1.98. The van der Waals surface area contributed by atoms with E-state index in [1.807, 2.05) is 0 Å². The fourth-order valence-corrected chi connectivity index (χ4v) is 1.98. The number of hydrogen-bond donors (Lipinski definition) is 2. The standard InChI is InChI=1S/C17H14FN3O4/c1-24-14-6-11(7-15(25-2)16(14)22)9-20-21-17(23)12-4-3-10(8-19)5-13(12)18/h3-7,9,22H,1-2H3,(H,21,23). The van der Waals surface area contributed by atoms with Crippen molar-refractivity contribution in [3.8, 4) is 23.3 Å². The van der Waals surface area contributed by atoms with E-state index >= 15 is 0 Å². The maximum Gasteiger partial charge on any atom is 0.274 e. The predicted octanol–water partition coefficient (Wildman–Crippen LogP) is 2.18. The van der Waals surface area contributed by atoms with Crippen LogP contribution in [0.15, 0.2) is 35.4 Å². The number of phenols is 1. The molecule has 2 aromatic carbocycles. The van der Waals surface area contributed by atoms with Gasteiger partial charge in [0, 0.05) is 5.56 Å². The molecule has 2 rings (SSSR count). The average Bonchev–Trinajstić information content (AvgIpc) is 2.62. The van der Waals surface area contributed by atoms with Crippen LogP contribution in [0.5, 0.6) is 17.2 Å². The molecule has 0 fully saturated rings. The molecule has 8 heteroatoms. The van der Waals surface area contributed by atoms with E-state index in [0.717, 1.165) is 6.07 Å². The molecule has 7 nitrogen and oxygen atoms in total. The van der Waals surface area contributed by atoms with Crippen molar-refractivity contribution in [2.24, 2.45) is 5.10 Å². The number of hydrogen-bond acceptors (Lipinski definition) is 6. The molecule has 0 aliphatic heterocycles. The van der Waals surface area contributed by atoms with Crippen molar-refractivity contribution in [3.63, 3.8) is 0 Å². The maximum atomic E-state index is 13.8. The summed E-state index contributed by atoms with van der Waals surface area (Å²) in [6, 6.07) is 8.24. The van der Waals surface area contributed by atoms with Gasteiger partial charge in [0.05, 0.1) is 37.6 Å². The second kappa shape index (κ2) is 7.79. The summed E-state index contributed by atoms with van der Waals surface area (Å²) in [4.78, 5) is 11.9. The van der Waals surface area contributed by atoms with E-state index in [0.29, 0.717) is 5.56 Å². The Kier molecular flexibility index (Phi) is 5.53. The predicted molar refractivity (Wildman–Crippen MR) is 87.4 cm³/mol. The molecule has 0 atom stereocenters.